The molecule has 3 aliphatic heterocycles. The Morgan fingerprint density at radius 1 is 1.12 bits per heavy atom. The van der Waals surface area contributed by atoms with Crippen molar-refractivity contribution in [3.63, 3.8) is 0 Å². The molecule has 276 valence electrons. The van der Waals surface area contributed by atoms with Gasteiger partial charge in [-0.25, -0.2) is 14.3 Å². The predicted molar refractivity (Wildman–Crippen MR) is 193 cm³/mol. The molecule has 51 heavy (non-hydrogen) atoms. The second-order valence-electron chi connectivity index (χ2n) is 15.0. The number of rotatable bonds is 6. The van der Waals surface area contributed by atoms with Crippen LogP contribution in [0.4, 0.5) is 10.5 Å². The van der Waals surface area contributed by atoms with Crippen molar-refractivity contribution in [3.8, 4) is 11.1 Å². The molecule has 3 fully saturated rings. The number of alkyl carbamates (subject to hydrolysis) is 1. The fourth-order valence-electron chi connectivity index (χ4n) is 7.55. The number of hydrogen-bond donors (Lipinski definition) is 2. The molecule has 6 rings (SSSR count). The number of carbonyl (C=O) groups excluding carboxylic acids is 4. The van der Waals surface area contributed by atoms with Gasteiger partial charge in [-0.15, -0.1) is 0 Å². The summed E-state index contributed by atoms with van der Waals surface area (Å²) in [6.07, 6.45) is 11.0. The van der Waals surface area contributed by atoms with Crippen LogP contribution in [0.5, 0.6) is 0 Å². The van der Waals surface area contributed by atoms with Crippen LogP contribution in [-0.4, -0.2) is 88.0 Å². The minimum Gasteiger partial charge on any atom is -0.464 e. The van der Waals surface area contributed by atoms with Gasteiger partial charge in [0.2, 0.25) is 11.8 Å². The zero-order valence-corrected chi connectivity index (χ0v) is 30.8. The van der Waals surface area contributed by atoms with Gasteiger partial charge in [0, 0.05) is 37.5 Å². The fraction of sp³-hybridized carbons (Fsp3) is 0.622. The van der Waals surface area contributed by atoms with E-state index >= 15 is 0 Å². The Morgan fingerprint density at radius 3 is 2.61 bits per heavy atom. The third-order valence-electron chi connectivity index (χ3n) is 10.2. The van der Waals surface area contributed by atoms with Crippen molar-refractivity contribution in [1.82, 2.24) is 25.3 Å². The van der Waals surface area contributed by atoms with Crippen molar-refractivity contribution < 1.29 is 28.7 Å². The number of ether oxygens (including phenoxy) is 2. The van der Waals surface area contributed by atoms with E-state index in [0.29, 0.717) is 24.8 Å². The normalized spacial score (nSPS) is 27.8. The van der Waals surface area contributed by atoms with Crippen molar-refractivity contribution >= 4 is 40.9 Å². The van der Waals surface area contributed by atoms with Crippen LogP contribution >= 0.6 is 11.3 Å². The first-order valence-corrected chi connectivity index (χ1v) is 19.2. The van der Waals surface area contributed by atoms with Gasteiger partial charge in [-0.2, -0.15) is 16.4 Å². The van der Waals surface area contributed by atoms with Crippen LogP contribution in [0.15, 0.2) is 40.0 Å². The lowest BCUT2D eigenvalue weighted by atomic mass is 10.0. The molecule has 2 saturated heterocycles. The zero-order chi connectivity index (χ0) is 36.3. The minimum atomic E-state index is -1.23. The molecule has 0 aromatic carbocycles. The maximum Gasteiger partial charge on any atom is 0.408 e. The number of nitrogens with one attached hydrogen (secondary N) is 2. The molecule has 5 heterocycles. The summed E-state index contributed by atoms with van der Waals surface area (Å²) in [6.45, 7) is 8.81. The maximum atomic E-state index is 14.5. The monoisotopic (exact) mass is 722 g/mol. The van der Waals surface area contributed by atoms with Gasteiger partial charge >= 0.3 is 12.1 Å². The SMILES string of the molecule is CCOC(=O)[C@@]12C[C@@H]1/C=C\CCCCC[C@H](NC(=O)OC(C)(C)C)C(=O)N1C[C@H](n3ncc(N4CCCC4)c(-c4ccsc4)c3=O)C[C@H]1C(=O)N2. The molecule has 4 aliphatic rings. The molecular weight excluding hydrogens is 673 g/mol. The quantitative estimate of drug-likeness (QED) is 0.323. The average Bonchev–Trinajstić information content (AvgIpc) is 3.60. The molecule has 14 heteroatoms. The maximum absolute atomic E-state index is 14.5. The summed E-state index contributed by atoms with van der Waals surface area (Å²) in [5.41, 5.74) is -0.181. The number of carbonyl (C=O) groups is 4. The summed E-state index contributed by atoms with van der Waals surface area (Å²) in [5.74, 6) is -1.71. The highest BCUT2D eigenvalue weighted by Crippen LogP contribution is 2.46. The lowest BCUT2D eigenvalue weighted by molar-refractivity contribution is -0.150. The Hall–Kier alpha value is -4.20. The third kappa shape index (κ3) is 8.00. The van der Waals surface area contributed by atoms with E-state index in [-0.39, 0.29) is 31.0 Å². The highest BCUT2D eigenvalue weighted by molar-refractivity contribution is 7.08. The zero-order valence-electron chi connectivity index (χ0n) is 30.0. The van der Waals surface area contributed by atoms with Crippen LogP contribution in [0.25, 0.3) is 11.1 Å². The largest absolute Gasteiger partial charge is 0.464 e. The summed E-state index contributed by atoms with van der Waals surface area (Å²) < 4.78 is 12.3. The van der Waals surface area contributed by atoms with E-state index in [9.17, 15) is 24.0 Å². The molecule has 13 nitrogen and oxygen atoms in total. The lowest BCUT2D eigenvalue weighted by Gasteiger charge is -2.30. The number of allylic oxidation sites excluding steroid dienone is 1. The van der Waals surface area contributed by atoms with E-state index < -0.39 is 53.1 Å². The van der Waals surface area contributed by atoms with E-state index in [1.165, 1.54) is 20.9 Å². The second kappa shape index (κ2) is 15.2. The standard InChI is InChI=1S/C37H50N6O7S/c1-5-49-34(47)37-20-25(37)13-9-7-6-8-10-14-27(39-35(48)50-36(2,3)4)32(45)42-22-26(19-28(42)31(44)40-37)43-33(46)30(24-15-18-51-23-24)29(21-38-43)41-16-11-12-17-41/h9,13,15,18,21,23,25-28H,5-8,10-12,14,16-17,19-20,22H2,1-4H3,(H,39,48)(H,40,44)/b13-9-/t25-,26+,27-,28-,37+/m0/s1. The highest BCUT2D eigenvalue weighted by atomic mass is 32.1. The van der Waals surface area contributed by atoms with Gasteiger partial charge in [-0.1, -0.05) is 25.0 Å². The fourth-order valence-corrected chi connectivity index (χ4v) is 8.19. The lowest BCUT2D eigenvalue weighted by Crippen LogP contribution is -2.56. The van der Waals surface area contributed by atoms with Gasteiger partial charge in [-0.3, -0.25) is 14.4 Å². The smallest absolute Gasteiger partial charge is 0.408 e. The number of fused-ring (bicyclic) bond motifs is 2. The summed E-state index contributed by atoms with van der Waals surface area (Å²) >= 11 is 1.50. The summed E-state index contributed by atoms with van der Waals surface area (Å²) in [7, 11) is 0. The van der Waals surface area contributed by atoms with E-state index in [1.54, 1.807) is 33.9 Å². The van der Waals surface area contributed by atoms with Crippen molar-refractivity contribution in [2.45, 2.75) is 115 Å². The Kier molecular flexibility index (Phi) is 10.9. The van der Waals surface area contributed by atoms with Gasteiger partial charge < -0.3 is 29.9 Å². The topological polar surface area (TPSA) is 152 Å². The number of thiophene rings is 1. The van der Waals surface area contributed by atoms with Crippen molar-refractivity contribution in [2.75, 3.05) is 31.1 Å². The first kappa shape index (κ1) is 36.6. The number of nitrogens with zero attached hydrogens (tertiary/aromatic N) is 4. The summed E-state index contributed by atoms with van der Waals surface area (Å²) in [4.78, 5) is 73.2. The number of anilines is 1. The van der Waals surface area contributed by atoms with Gasteiger partial charge in [-0.05, 0) is 83.0 Å². The van der Waals surface area contributed by atoms with E-state index in [0.717, 1.165) is 56.4 Å². The number of amides is 3. The van der Waals surface area contributed by atoms with Gasteiger partial charge in [0.05, 0.1) is 30.1 Å². The van der Waals surface area contributed by atoms with Crippen LogP contribution in [0.3, 0.4) is 0 Å². The van der Waals surface area contributed by atoms with E-state index in [1.807, 2.05) is 29.0 Å². The Morgan fingerprint density at radius 2 is 1.90 bits per heavy atom. The van der Waals surface area contributed by atoms with Crippen molar-refractivity contribution in [1.29, 1.82) is 0 Å². The molecule has 3 amide bonds. The van der Waals surface area contributed by atoms with Crippen LogP contribution in [0.2, 0.25) is 0 Å². The minimum absolute atomic E-state index is 0.0121. The van der Waals surface area contributed by atoms with Gasteiger partial charge in [0.15, 0.2) is 0 Å². The molecule has 1 aliphatic carbocycles. The van der Waals surface area contributed by atoms with E-state index in [4.69, 9.17) is 9.47 Å². The van der Waals surface area contributed by atoms with Gasteiger partial charge in [0.1, 0.15) is 23.2 Å². The van der Waals surface area contributed by atoms with Crippen molar-refractivity contribution in [2.24, 2.45) is 5.92 Å². The molecule has 0 unspecified atom stereocenters. The van der Waals surface area contributed by atoms with Crippen LogP contribution in [0, 0.1) is 5.92 Å². The number of aromatic nitrogens is 2. The molecule has 2 aromatic rings. The molecule has 1 saturated carbocycles. The molecular formula is C37H50N6O7S. The third-order valence-corrected chi connectivity index (χ3v) is 10.9. The summed E-state index contributed by atoms with van der Waals surface area (Å²) in [5, 5.41) is 14.3. The molecule has 0 radical (unpaired) electrons. The second-order valence-corrected chi connectivity index (χ2v) is 15.8. The molecule has 2 N–H and O–H groups in total. The molecule has 0 spiro atoms. The number of esters is 1. The molecule has 2 aromatic heterocycles. The van der Waals surface area contributed by atoms with E-state index in [2.05, 4.69) is 20.6 Å². The Balaban J connectivity index is 1.37. The highest BCUT2D eigenvalue weighted by Gasteiger charge is 2.62. The average molecular weight is 723 g/mol. The predicted octanol–water partition coefficient (Wildman–Crippen LogP) is 4.57. The van der Waals surface area contributed by atoms with Crippen LogP contribution < -0.4 is 21.1 Å². The number of hydrogen-bond acceptors (Lipinski definition) is 10. The van der Waals surface area contributed by atoms with Crippen LogP contribution in [-0.2, 0) is 23.9 Å². The Labute approximate surface area is 302 Å². The van der Waals surface area contributed by atoms with Crippen molar-refractivity contribution in [3.05, 3.63) is 45.5 Å². The summed E-state index contributed by atoms with van der Waals surface area (Å²) in [6, 6.07) is -0.727. The first-order valence-electron chi connectivity index (χ1n) is 18.3. The Bertz CT molecular complexity index is 1700. The molecule has 0 bridgehead atoms. The molecule has 5 atom stereocenters. The van der Waals surface area contributed by atoms with Crippen LogP contribution in [0.1, 0.15) is 91.5 Å². The van der Waals surface area contributed by atoms with Gasteiger partial charge in [0.25, 0.3) is 5.56 Å². The first-order chi connectivity index (χ1) is 24.4.